The monoisotopic (exact) mass is 281 g/mol. The highest BCUT2D eigenvalue weighted by Gasteiger charge is 2.13. The van der Waals surface area contributed by atoms with E-state index in [4.69, 9.17) is 11.6 Å². The van der Waals surface area contributed by atoms with Crippen molar-refractivity contribution in [2.24, 2.45) is 0 Å². The predicted molar refractivity (Wildman–Crippen MR) is 76.1 cm³/mol. The normalized spacial score (nSPS) is 12.6. The van der Waals surface area contributed by atoms with Crippen LogP contribution in [0.15, 0.2) is 30.6 Å². The average molecular weight is 282 g/mol. The lowest BCUT2D eigenvalue weighted by atomic mass is 10.1. The molecule has 96 valence electrons. The summed E-state index contributed by atoms with van der Waals surface area (Å²) in [7, 11) is 0. The largest absolute Gasteiger partial charge is 0.310 e. The molecule has 1 N–H and O–H groups in total. The second-order valence-corrected chi connectivity index (χ2v) is 5.89. The highest BCUT2D eigenvalue weighted by Crippen LogP contribution is 2.26. The Morgan fingerprint density at radius 3 is 2.83 bits per heavy atom. The Morgan fingerprint density at radius 2 is 2.22 bits per heavy atom. The molecule has 2 aromatic heterocycles. The standard InChI is InChI=1S/C13H16ClN3S/c1-2-6-15-12(10-5-7-16-17-9-10)8-11-3-4-13(14)18-11/h3-5,7,9,12,15H,2,6,8H2,1H3. The lowest BCUT2D eigenvalue weighted by Gasteiger charge is -2.17. The van der Waals surface area contributed by atoms with Crippen LogP contribution in [-0.4, -0.2) is 16.7 Å². The Labute approximate surface area is 116 Å². The summed E-state index contributed by atoms with van der Waals surface area (Å²) in [5, 5.41) is 11.3. The van der Waals surface area contributed by atoms with Crippen molar-refractivity contribution in [1.82, 2.24) is 15.5 Å². The van der Waals surface area contributed by atoms with Gasteiger partial charge in [-0.15, -0.1) is 11.3 Å². The van der Waals surface area contributed by atoms with E-state index in [2.05, 4.69) is 28.5 Å². The van der Waals surface area contributed by atoms with E-state index in [1.165, 1.54) is 10.4 Å². The Balaban J connectivity index is 2.10. The van der Waals surface area contributed by atoms with Gasteiger partial charge in [-0.1, -0.05) is 18.5 Å². The van der Waals surface area contributed by atoms with Gasteiger partial charge in [-0.25, -0.2) is 0 Å². The summed E-state index contributed by atoms with van der Waals surface area (Å²) in [6.45, 7) is 3.16. The summed E-state index contributed by atoms with van der Waals surface area (Å²) in [4.78, 5) is 1.28. The molecule has 0 saturated carbocycles. The molecule has 5 heteroatoms. The van der Waals surface area contributed by atoms with Gasteiger partial charge in [0.25, 0.3) is 0 Å². The number of hydrogen-bond donors (Lipinski definition) is 1. The van der Waals surface area contributed by atoms with Crippen LogP contribution in [0.5, 0.6) is 0 Å². The second kappa shape index (κ2) is 6.83. The third-order valence-corrected chi connectivity index (χ3v) is 3.94. The molecule has 0 aliphatic heterocycles. The molecule has 18 heavy (non-hydrogen) atoms. The van der Waals surface area contributed by atoms with Crippen LogP contribution in [0.2, 0.25) is 4.34 Å². The maximum Gasteiger partial charge on any atom is 0.0931 e. The lowest BCUT2D eigenvalue weighted by molar-refractivity contribution is 0.529. The van der Waals surface area contributed by atoms with Crippen molar-refractivity contribution in [1.29, 1.82) is 0 Å². The van der Waals surface area contributed by atoms with Crippen LogP contribution in [0.4, 0.5) is 0 Å². The highest BCUT2D eigenvalue weighted by atomic mass is 35.5. The Hall–Kier alpha value is -0.970. The minimum atomic E-state index is 0.273. The summed E-state index contributed by atoms with van der Waals surface area (Å²) in [5.41, 5.74) is 1.17. The van der Waals surface area contributed by atoms with Crippen molar-refractivity contribution in [2.45, 2.75) is 25.8 Å². The first-order chi connectivity index (χ1) is 8.79. The number of hydrogen-bond acceptors (Lipinski definition) is 4. The van der Waals surface area contributed by atoms with Gasteiger partial charge < -0.3 is 5.32 Å². The number of rotatable bonds is 6. The fourth-order valence-electron chi connectivity index (χ4n) is 1.80. The van der Waals surface area contributed by atoms with E-state index in [1.54, 1.807) is 17.5 Å². The number of aromatic nitrogens is 2. The van der Waals surface area contributed by atoms with E-state index in [0.717, 1.165) is 23.7 Å². The number of nitrogens with one attached hydrogen (secondary N) is 1. The molecule has 0 saturated heterocycles. The van der Waals surface area contributed by atoms with E-state index in [0.29, 0.717) is 0 Å². The van der Waals surface area contributed by atoms with E-state index in [-0.39, 0.29) is 6.04 Å². The van der Waals surface area contributed by atoms with E-state index in [9.17, 15) is 0 Å². The molecular weight excluding hydrogens is 266 g/mol. The van der Waals surface area contributed by atoms with Gasteiger partial charge in [0.1, 0.15) is 0 Å². The molecule has 1 atom stereocenters. The third kappa shape index (κ3) is 3.77. The zero-order valence-electron chi connectivity index (χ0n) is 10.3. The van der Waals surface area contributed by atoms with Crippen molar-refractivity contribution < 1.29 is 0 Å². The van der Waals surface area contributed by atoms with Crippen LogP contribution >= 0.6 is 22.9 Å². The first kappa shape index (κ1) is 13.5. The molecule has 0 spiro atoms. The molecule has 0 radical (unpaired) electrons. The van der Waals surface area contributed by atoms with Crippen molar-refractivity contribution in [3.05, 3.63) is 45.4 Å². The van der Waals surface area contributed by atoms with Gasteiger partial charge in [0.15, 0.2) is 0 Å². The van der Waals surface area contributed by atoms with Gasteiger partial charge in [0.05, 0.1) is 10.5 Å². The van der Waals surface area contributed by atoms with Gasteiger partial charge in [-0.05, 0) is 36.7 Å². The first-order valence-corrected chi connectivity index (χ1v) is 7.23. The van der Waals surface area contributed by atoms with E-state index < -0.39 is 0 Å². The summed E-state index contributed by atoms with van der Waals surface area (Å²) >= 11 is 7.60. The quantitative estimate of drug-likeness (QED) is 0.881. The smallest absolute Gasteiger partial charge is 0.0931 e. The molecule has 0 aliphatic rings. The zero-order valence-corrected chi connectivity index (χ0v) is 11.8. The molecular formula is C13H16ClN3S. The van der Waals surface area contributed by atoms with Crippen LogP contribution in [0, 0.1) is 0 Å². The molecule has 0 amide bonds. The van der Waals surface area contributed by atoms with Crippen LogP contribution in [0.1, 0.15) is 29.8 Å². The first-order valence-electron chi connectivity index (χ1n) is 6.03. The van der Waals surface area contributed by atoms with Crippen LogP contribution in [0.25, 0.3) is 0 Å². The minimum Gasteiger partial charge on any atom is -0.310 e. The molecule has 1 unspecified atom stereocenters. The molecule has 2 rings (SSSR count). The number of nitrogens with zero attached hydrogens (tertiary/aromatic N) is 2. The SMILES string of the molecule is CCCNC(Cc1ccc(Cl)s1)c1ccnnc1. The highest BCUT2D eigenvalue weighted by molar-refractivity contribution is 7.16. The van der Waals surface area contributed by atoms with Crippen LogP contribution in [0.3, 0.4) is 0 Å². The maximum atomic E-state index is 5.97. The Kier molecular flexibility index (Phi) is 5.11. The van der Waals surface area contributed by atoms with Gasteiger partial charge in [-0.3, -0.25) is 0 Å². The topological polar surface area (TPSA) is 37.8 Å². The minimum absolute atomic E-state index is 0.273. The van der Waals surface area contributed by atoms with Gasteiger partial charge in [0, 0.05) is 23.5 Å². The van der Waals surface area contributed by atoms with Crippen LogP contribution in [-0.2, 0) is 6.42 Å². The molecule has 3 nitrogen and oxygen atoms in total. The van der Waals surface area contributed by atoms with Crippen molar-refractivity contribution in [3.8, 4) is 0 Å². The summed E-state index contributed by atoms with van der Waals surface area (Å²) < 4.78 is 0.840. The Bertz CT molecular complexity index is 472. The van der Waals surface area contributed by atoms with Crippen molar-refractivity contribution >= 4 is 22.9 Å². The molecule has 0 fully saturated rings. The van der Waals surface area contributed by atoms with Gasteiger partial charge in [-0.2, -0.15) is 10.2 Å². The van der Waals surface area contributed by atoms with E-state index >= 15 is 0 Å². The average Bonchev–Trinajstić information content (AvgIpc) is 2.81. The molecule has 2 heterocycles. The summed E-state index contributed by atoms with van der Waals surface area (Å²) in [6.07, 6.45) is 5.60. The molecule has 2 aromatic rings. The summed E-state index contributed by atoms with van der Waals surface area (Å²) in [6, 6.07) is 6.32. The Morgan fingerprint density at radius 1 is 1.33 bits per heavy atom. The predicted octanol–water partition coefficient (Wildman–Crippen LogP) is 3.47. The van der Waals surface area contributed by atoms with Crippen LogP contribution < -0.4 is 5.32 Å². The zero-order chi connectivity index (χ0) is 12.8. The van der Waals surface area contributed by atoms with Crippen molar-refractivity contribution in [2.75, 3.05) is 6.54 Å². The molecule has 0 aromatic carbocycles. The van der Waals surface area contributed by atoms with Gasteiger partial charge in [0.2, 0.25) is 0 Å². The van der Waals surface area contributed by atoms with Gasteiger partial charge >= 0.3 is 0 Å². The maximum absolute atomic E-state index is 5.97. The molecule has 0 aliphatic carbocycles. The lowest BCUT2D eigenvalue weighted by Crippen LogP contribution is -2.24. The molecule has 0 bridgehead atoms. The second-order valence-electron chi connectivity index (χ2n) is 4.09. The van der Waals surface area contributed by atoms with Crippen molar-refractivity contribution in [3.63, 3.8) is 0 Å². The van der Waals surface area contributed by atoms with E-state index in [1.807, 2.05) is 18.3 Å². The summed E-state index contributed by atoms with van der Waals surface area (Å²) in [5.74, 6) is 0. The fourth-order valence-corrected chi connectivity index (χ4v) is 2.93. The third-order valence-electron chi connectivity index (χ3n) is 2.68. The number of halogens is 1. The number of thiophene rings is 1. The fraction of sp³-hybridized carbons (Fsp3) is 0.385.